The highest BCUT2D eigenvalue weighted by atomic mass is 35.5. The molecule has 1 aliphatic rings. The topological polar surface area (TPSA) is 24.1 Å². The average molecular weight is 255 g/mol. The molecule has 0 spiro atoms. The lowest BCUT2D eigenvalue weighted by Gasteiger charge is -2.13. The highest BCUT2D eigenvalue weighted by Gasteiger charge is 2.14. The zero-order chi connectivity index (χ0) is 10.1. The molecule has 86 valence electrons. The molecule has 0 aliphatic carbocycles. The number of hydrogen-bond donors (Lipinski definition) is 2. The minimum atomic E-state index is 0. The maximum atomic E-state index is 3.61. The summed E-state index contributed by atoms with van der Waals surface area (Å²) in [4.78, 5) is 0. The molecule has 1 aromatic heterocycles. The van der Waals surface area contributed by atoms with Crippen LogP contribution >= 0.6 is 23.7 Å². The van der Waals surface area contributed by atoms with Gasteiger partial charge in [-0.05, 0) is 36.5 Å². The second-order valence-corrected chi connectivity index (χ2v) is 4.92. The smallest absolute Gasteiger partial charge is 0.0431 e. The number of anilines is 1. The summed E-state index contributed by atoms with van der Waals surface area (Å²) >= 11 is 1.80. The summed E-state index contributed by atoms with van der Waals surface area (Å²) in [7, 11) is 0. The summed E-state index contributed by atoms with van der Waals surface area (Å²) in [6.07, 6.45) is 1.22. The van der Waals surface area contributed by atoms with Gasteiger partial charge in [-0.15, -0.1) is 23.7 Å². The first-order valence-electron chi connectivity index (χ1n) is 5.37. The van der Waals surface area contributed by atoms with Crippen molar-refractivity contribution in [1.82, 2.24) is 5.32 Å². The summed E-state index contributed by atoms with van der Waals surface area (Å²) in [5, 5.41) is 10.5. The highest BCUT2D eigenvalue weighted by Crippen LogP contribution is 2.28. The summed E-state index contributed by atoms with van der Waals surface area (Å²) in [5.41, 5.74) is 1.28. The van der Waals surface area contributed by atoms with E-state index in [1.54, 1.807) is 11.3 Å². The van der Waals surface area contributed by atoms with Crippen molar-refractivity contribution in [2.45, 2.75) is 12.5 Å². The van der Waals surface area contributed by atoms with Crippen LogP contribution in [-0.4, -0.2) is 19.1 Å². The second-order valence-electron chi connectivity index (χ2n) is 3.97. The van der Waals surface area contributed by atoms with Gasteiger partial charge in [-0.3, -0.25) is 0 Å². The Hall–Kier alpha value is -0.770. The molecule has 1 atom stereocenters. The Labute approximate surface area is 105 Å². The Kier molecular flexibility index (Phi) is 3.69. The molecule has 0 amide bonds. The molecule has 0 unspecified atom stereocenters. The monoisotopic (exact) mass is 254 g/mol. The molecule has 4 heteroatoms. The van der Waals surface area contributed by atoms with Crippen molar-refractivity contribution in [3.05, 3.63) is 29.6 Å². The number of halogens is 1. The van der Waals surface area contributed by atoms with E-state index in [2.05, 4.69) is 40.3 Å². The van der Waals surface area contributed by atoms with Crippen molar-refractivity contribution in [2.24, 2.45) is 0 Å². The summed E-state index contributed by atoms with van der Waals surface area (Å²) in [6.45, 7) is 2.22. The summed E-state index contributed by atoms with van der Waals surface area (Å²) in [5.74, 6) is 0. The minimum absolute atomic E-state index is 0. The Balaban J connectivity index is 0.000000963. The van der Waals surface area contributed by atoms with Crippen molar-refractivity contribution in [3.8, 4) is 0 Å². The first kappa shape index (κ1) is 11.7. The molecule has 1 saturated heterocycles. The Bertz CT molecular complexity index is 463. The van der Waals surface area contributed by atoms with Gasteiger partial charge in [0, 0.05) is 28.4 Å². The van der Waals surface area contributed by atoms with Gasteiger partial charge in [0.25, 0.3) is 0 Å². The molecule has 2 heterocycles. The second kappa shape index (κ2) is 5.04. The number of nitrogens with one attached hydrogen (secondary N) is 2. The molecule has 0 radical (unpaired) electrons. The number of benzene rings is 1. The summed E-state index contributed by atoms with van der Waals surface area (Å²) in [6, 6.07) is 9.27. The van der Waals surface area contributed by atoms with Crippen molar-refractivity contribution < 1.29 is 0 Å². The van der Waals surface area contributed by atoms with Crippen LogP contribution in [0.3, 0.4) is 0 Å². The third-order valence-corrected chi connectivity index (χ3v) is 3.80. The predicted octanol–water partition coefficient (Wildman–Crippen LogP) is 3.10. The van der Waals surface area contributed by atoms with Crippen LogP contribution in [-0.2, 0) is 0 Å². The maximum Gasteiger partial charge on any atom is 0.0431 e. The average Bonchev–Trinajstić information content (AvgIpc) is 2.87. The van der Waals surface area contributed by atoms with Crippen molar-refractivity contribution >= 4 is 39.5 Å². The van der Waals surface area contributed by atoms with E-state index in [1.807, 2.05) is 0 Å². The molecule has 2 N–H and O–H groups in total. The Morgan fingerprint density at radius 1 is 1.31 bits per heavy atom. The number of thiophene rings is 1. The summed E-state index contributed by atoms with van der Waals surface area (Å²) < 4.78 is 1.37. The van der Waals surface area contributed by atoms with Crippen molar-refractivity contribution in [1.29, 1.82) is 0 Å². The number of hydrogen-bond acceptors (Lipinski definition) is 3. The van der Waals surface area contributed by atoms with Gasteiger partial charge in [0.1, 0.15) is 0 Å². The molecule has 1 aliphatic heterocycles. The minimum Gasteiger partial charge on any atom is -0.380 e. The standard InChI is InChI=1S/C12H14N2S.ClH/c1-2-11(14-9-4-6-13-8-9)10-5-7-15-12(10)3-1;/h1-3,5,7,9,13-14H,4,6,8H2;1H/t9-;/m0./s1. The van der Waals surface area contributed by atoms with Gasteiger partial charge in [-0.2, -0.15) is 0 Å². The van der Waals surface area contributed by atoms with Crippen LogP contribution in [0, 0.1) is 0 Å². The van der Waals surface area contributed by atoms with Gasteiger partial charge in [-0.25, -0.2) is 0 Å². The lowest BCUT2D eigenvalue weighted by Crippen LogP contribution is -2.22. The number of rotatable bonds is 2. The van der Waals surface area contributed by atoms with Crippen LogP contribution in [0.2, 0.25) is 0 Å². The SMILES string of the molecule is Cl.c1cc(N[C@H]2CCNC2)c2ccsc2c1. The highest BCUT2D eigenvalue weighted by molar-refractivity contribution is 7.17. The molecule has 2 aromatic rings. The van der Waals surface area contributed by atoms with Crippen LogP contribution < -0.4 is 10.6 Å². The molecular formula is C12H15ClN2S. The van der Waals surface area contributed by atoms with Crippen molar-refractivity contribution in [2.75, 3.05) is 18.4 Å². The Morgan fingerprint density at radius 3 is 3.06 bits per heavy atom. The van der Waals surface area contributed by atoms with Gasteiger partial charge < -0.3 is 10.6 Å². The molecule has 0 bridgehead atoms. The van der Waals surface area contributed by atoms with Crippen LogP contribution in [0.5, 0.6) is 0 Å². The normalized spacial score (nSPS) is 19.6. The van der Waals surface area contributed by atoms with E-state index in [9.17, 15) is 0 Å². The third kappa shape index (κ3) is 2.17. The molecular weight excluding hydrogens is 240 g/mol. The van der Waals surface area contributed by atoms with E-state index in [1.165, 1.54) is 22.2 Å². The van der Waals surface area contributed by atoms with E-state index in [-0.39, 0.29) is 12.4 Å². The van der Waals surface area contributed by atoms with E-state index in [0.29, 0.717) is 6.04 Å². The van der Waals surface area contributed by atoms with Crippen molar-refractivity contribution in [3.63, 3.8) is 0 Å². The van der Waals surface area contributed by atoms with Gasteiger partial charge >= 0.3 is 0 Å². The van der Waals surface area contributed by atoms with Crippen LogP contribution in [0.1, 0.15) is 6.42 Å². The van der Waals surface area contributed by atoms with E-state index < -0.39 is 0 Å². The van der Waals surface area contributed by atoms with E-state index >= 15 is 0 Å². The van der Waals surface area contributed by atoms with Crippen LogP contribution in [0.4, 0.5) is 5.69 Å². The van der Waals surface area contributed by atoms with Gasteiger partial charge in [0.2, 0.25) is 0 Å². The quantitative estimate of drug-likeness (QED) is 0.861. The largest absolute Gasteiger partial charge is 0.380 e. The molecule has 1 aromatic carbocycles. The fourth-order valence-electron chi connectivity index (χ4n) is 2.12. The fourth-order valence-corrected chi connectivity index (χ4v) is 2.93. The Morgan fingerprint density at radius 2 is 2.25 bits per heavy atom. The van der Waals surface area contributed by atoms with Crippen LogP contribution in [0.25, 0.3) is 10.1 Å². The first-order chi connectivity index (χ1) is 7.43. The third-order valence-electron chi connectivity index (χ3n) is 2.92. The molecule has 2 nitrogen and oxygen atoms in total. The molecule has 0 saturated carbocycles. The van der Waals surface area contributed by atoms with Gasteiger partial charge in [0.05, 0.1) is 0 Å². The molecule has 1 fully saturated rings. The maximum absolute atomic E-state index is 3.61. The zero-order valence-corrected chi connectivity index (χ0v) is 10.5. The molecule has 3 rings (SSSR count). The fraction of sp³-hybridized carbons (Fsp3) is 0.333. The van der Waals surface area contributed by atoms with E-state index in [4.69, 9.17) is 0 Å². The molecule has 16 heavy (non-hydrogen) atoms. The van der Waals surface area contributed by atoms with E-state index in [0.717, 1.165) is 13.1 Å². The van der Waals surface area contributed by atoms with Crippen LogP contribution in [0.15, 0.2) is 29.6 Å². The lowest BCUT2D eigenvalue weighted by molar-refractivity contribution is 0.794. The zero-order valence-electron chi connectivity index (χ0n) is 8.90. The van der Waals surface area contributed by atoms with Gasteiger partial charge in [-0.1, -0.05) is 6.07 Å². The van der Waals surface area contributed by atoms with Gasteiger partial charge in [0.15, 0.2) is 0 Å². The number of fused-ring (bicyclic) bond motifs is 1. The predicted molar refractivity (Wildman–Crippen MR) is 74.0 cm³/mol. The lowest BCUT2D eigenvalue weighted by atomic mass is 10.2. The first-order valence-corrected chi connectivity index (χ1v) is 6.25.